The first kappa shape index (κ1) is 24.3. The standard InChI is InChI=1S/C39H27N3OS/c1-22-18-25(20-30-27-13-6-9-17-34(27)44-38(22)30)35-37-36(28-14-5-8-16-33(28)43-37)41-39(40-35)42-31-15-7-4-12-26(31)29-19-23-10-2-3-11-24(23)21-32(29)42/h2-17,19-22,35H,18H2,1H3,(H,40,41). The maximum absolute atomic E-state index is 6.63. The second kappa shape index (κ2) is 8.94. The number of furan rings is 1. The first-order valence-electron chi connectivity index (χ1n) is 15.2. The Hall–Kier alpha value is -5.13. The molecule has 4 heterocycles. The molecule has 3 aromatic heterocycles. The number of fused-ring (bicyclic) bond motifs is 10. The molecule has 2 aliphatic rings. The molecule has 0 amide bonds. The molecule has 8 aromatic rings. The van der Waals surface area contributed by atoms with Crippen molar-refractivity contribution in [1.82, 2.24) is 9.88 Å². The number of hydrogen-bond acceptors (Lipinski definition) is 4. The number of hydrogen-bond donors (Lipinski definition) is 1. The van der Waals surface area contributed by atoms with Crippen LogP contribution in [-0.2, 0) is 0 Å². The van der Waals surface area contributed by atoms with Gasteiger partial charge < -0.3 is 9.73 Å². The van der Waals surface area contributed by atoms with Crippen LogP contribution in [0.2, 0.25) is 0 Å². The maximum Gasteiger partial charge on any atom is 0.209 e. The molecule has 2 unspecified atom stereocenters. The fourth-order valence-corrected chi connectivity index (χ4v) is 8.68. The van der Waals surface area contributed by atoms with E-state index in [-0.39, 0.29) is 6.04 Å². The monoisotopic (exact) mass is 585 g/mol. The number of nitrogens with one attached hydrogen (secondary N) is 1. The Morgan fingerprint density at radius 1 is 0.773 bits per heavy atom. The van der Waals surface area contributed by atoms with Crippen LogP contribution in [0.1, 0.15) is 41.5 Å². The zero-order chi connectivity index (χ0) is 28.9. The summed E-state index contributed by atoms with van der Waals surface area (Å²) < 4.78 is 10.3. The lowest BCUT2D eigenvalue weighted by Crippen LogP contribution is -2.37. The minimum Gasteiger partial charge on any atom is -0.456 e. The van der Waals surface area contributed by atoms with Gasteiger partial charge in [0.1, 0.15) is 17.3 Å². The summed E-state index contributed by atoms with van der Waals surface area (Å²) in [7, 11) is 0. The molecule has 44 heavy (non-hydrogen) atoms. The van der Waals surface area contributed by atoms with E-state index >= 15 is 0 Å². The van der Waals surface area contributed by atoms with Gasteiger partial charge in [-0.3, -0.25) is 4.57 Å². The zero-order valence-electron chi connectivity index (χ0n) is 24.0. The summed E-state index contributed by atoms with van der Waals surface area (Å²) in [5.74, 6) is 2.13. The smallest absolute Gasteiger partial charge is 0.209 e. The highest BCUT2D eigenvalue weighted by atomic mass is 32.1. The number of aliphatic imine (C=N–C) groups is 1. The topological polar surface area (TPSA) is 42.5 Å². The molecule has 0 radical (unpaired) electrons. The number of aromatic nitrogens is 1. The van der Waals surface area contributed by atoms with Crippen molar-refractivity contribution in [1.29, 1.82) is 0 Å². The Morgan fingerprint density at radius 2 is 1.50 bits per heavy atom. The Kier molecular flexibility index (Phi) is 4.94. The van der Waals surface area contributed by atoms with Crippen LogP contribution in [0.4, 0.5) is 5.69 Å². The first-order chi connectivity index (χ1) is 21.7. The largest absolute Gasteiger partial charge is 0.456 e. The van der Waals surface area contributed by atoms with Gasteiger partial charge in [-0.15, -0.1) is 11.3 Å². The van der Waals surface area contributed by atoms with Crippen LogP contribution >= 0.6 is 11.3 Å². The van der Waals surface area contributed by atoms with Crippen molar-refractivity contribution in [3.63, 3.8) is 0 Å². The van der Waals surface area contributed by atoms with E-state index in [1.54, 1.807) is 0 Å². The van der Waals surface area contributed by atoms with Crippen molar-refractivity contribution < 1.29 is 4.42 Å². The highest BCUT2D eigenvalue weighted by Gasteiger charge is 2.35. The molecule has 1 N–H and O–H groups in total. The van der Waals surface area contributed by atoms with Gasteiger partial charge in [0.25, 0.3) is 0 Å². The number of nitrogens with zero attached hydrogens (tertiary/aromatic N) is 2. The van der Waals surface area contributed by atoms with Gasteiger partial charge in [0, 0.05) is 25.7 Å². The molecule has 0 saturated carbocycles. The highest BCUT2D eigenvalue weighted by molar-refractivity contribution is 7.19. The lowest BCUT2D eigenvalue weighted by Gasteiger charge is -2.30. The van der Waals surface area contributed by atoms with E-state index in [1.165, 1.54) is 47.6 Å². The average Bonchev–Trinajstić information content (AvgIpc) is 3.73. The third-order valence-electron chi connectivity index (χ3n) is 9.45. The predicted molar refractivity (Wildman–Crippen MR) is 184 cm³/mol. The molecular weight excluding hydrogens is 559 g/mol. The van der Waals surface area contributed by atoms with Crippen LogP contribution in [0.3, 0.4) is 0 Å². The molecular formula is C39H27N3OS. The molecule has 4 nitrogen and oxygen atoms in total. The van der Waals surface area contributed by atoms with Crippen LogP contribution in [0, 0.1) is 0 Å². The van der Waals surface area contributed by atoms with Gasteiger partial charge in [0.2, 0.25) is 5.96 Å². The van der Waals surface area contributed by atoms with Gasteiger partial charge in [0.15, 0.2) is 5.76 Å². The Morgan fingerprint density at radius 3 is 2.39 bits per heavy atom. The third-order valence-corrected chi connectivity index (χ3v) is 10.9. The minimum atomic E-state index is -0.143. The summed E-state index contributed by atoms with van der Waals surface area (Å²) in [6, 6.07) is 38.8. The summed E-state index contributed by atoms with van der Waals surface area (Å²) in [6.45, 7) is 2.36. The Labute approximate surface area is 257 Å². The summed E-state index contributed by atoms with van der Waals surface area (Å²) in [5.41, 5.74) is 6.74. The Balaban J connectivity index is 1.24. The van der Waals surface area contributed by atoms with E-state index in [0.717, 1.165) is 45.8 Å². The van der Waals surface area contributed by atoms with Gasteiger partial charge in [-0.25, -0.2) is 4.99 Å². The second-order valence-corrected chi connectivity index (χ2v) is 13.2. The van der Waals surface area contributed by atoms with Gasteiger partial charge in [-0.05, 0) is 76.0 Å². The van der Waals surface area contributed by atoms with Crippen molar-refractivity contribution in [2.45, 2.75) is 25.3 Å². The lowest BCUT2D eigenvalue weighted by atomic mass is 9.84. The van der Waals surface area contributed by atoms with Gasteiger partial charge in [-0.1, -0.05) is 85.8 Å². The summed E-state index contributed by atoms with van der Waals surface area (Å²) in [4.78, 5) is 6.83. The zero-order valence-corrected chi connectivity index (χ0v) is 24.9. The molecule has 5 aromatic carbocycles. The summed E-state index contributed by atoms with van der Waals surface area (Å²) in [5, 5.41) is 11.2. The van der Waals surface area contributed by atoms with Crippen molar-refractivity contribution in [3.05, 3.63) is 131 Å². The summed E-state index contributed by atoms with van der Waals surface area (Å²) >= 11 is 1.93. The van der Waals surface area contributed by atoms with Crippen molar-refractivity contribution in [2.24, 2.45) is 4.99 Å². The van der Waals surface area contributed by atoms with E-state index < -0.39 is 0 Å². The normalized spacial score (nSPS) is 18.0. The molecule has 1 aliphatic heterocycles. The SMILES string of the molecule is CC1CC(C2NC(n3c4ccccc4c4cc5ccccc5cc43)=Nc3c2oc2ccccc32)=Cc2c1sc1ccccc21. The molecule has 210 valence electrons. The van der Waals surface area contributed by atoms with E-state index in [0.29, 0.717) is 5.92 Å². The molecule has 0 saturated heterocycles. The maximum atomic E-state index is 6.63. The van der Waals surface area contributed by atoms with Gasteiger partial charge in [-0.2, -0.15) is 0 Å². The molecule has 2 atom stereocenters. The third kappa shape index (κ3) is 3.36. The van der Waals surface area contributed by atoms with Crippen molar-refractivity contribution in [3.8, 4) is 0 Å². The number of para-hydroxylation sites is 2. The van der Waals surface area contributed by atoms with Crippen LogP contribution in [0.25, 0.3) is 59.7 Å². The molecule has 5 heteroatoms. The number of thiophene rings is 1. The van der Waals surface area contributed by atoms with Crippen LogP contribution in [-0.4, -0.2) is 10.5 Å². The number of rotatable bonds is 1. The molecule has 0 fully saturated rings. The highest BCUT2D eigenvalue weighted by Crippen LogP contribution is 2.49. The average molecular weight is 586 g/mol. The van der Waals surface area contributed by atoms with Crippen LogP contribution in [0.15, 0.2) is 124 Å². The molecule has 0 bridgehead atoms. The van der Waals surface area contributed by atoms with E-state index in [2.05, 4.69) is 126 Å². The minimum absolute atomic E-state index is 0.143. The van der Waals surface area contributed by atoms with E-state index in [4.69, 9.17) is 9.41 Å². The van der Waals surface area contributed by atoms with E-state index in [1.807, 2.05) is 17.4 Å². The fraction of sp³-hybridized carbons (Fsp3) is 0.103. The van der Waals surface area contributed by atoms with Crippen LogP contribution in [0.5, 0.6) is 0 Å². The summed E-state index contributed by atoms with van der Waals surface area (Å²) in [6.07, 6.45) is 3.38. The lowest BCUT2D eigenvalue weighted by molar-refractivity contribution is 0.486. The molecule has 0 spiro atoms. The van der Waals surface area contributed by atoms with E-state index in [9.17, 15) is 0 Å². The molecule has 1 aliphatic carbocycles. The Bertz CT molecular complexity index is 2540. The first-order valence-corrected chi connectivity index (χ1v) is 16.0. The predicted octanol–water partition coefficient (Wildman–Crippen LogP) is 10.7. The van der Waals surface area contributed by atoms with Gasteiger partial charge >= 0.3 is 0 Å². The fourth-order valence-electron chi connectivity index (χ4n) is 7.44. The van der Waals surface area contributed by atoms with Gasteiger partial charge in [0.05, 0.1) is 11.0 Å². The second-order valence-electron chi connectivity index (χ2n) is 12.1. The molecule has 10 rings (SSSR count). The quantitative estimate of drug-likeness (QED) is 0.208. The van der Waals surface area contributed by atoms with Crippen molar-refractivity contribution in [2.75, 3.05) is 0 Å². The van der Waals surface area contributed by atoms with Crippen LogP contribution < -0.4 is 5.32 Å². The van der Waals surface area contributed by atoms with Crippen molar-refractivity contribution >= 4 is 82.7 Å². The number of benzene rings is 5.